The van der Waals surface area contributed by atoms with Gasteiger partial charge in [0.15, 0.2) is 0 Å². The van der Waals surface area contributed by atoms with Crippen LogP contribution in [0.3, 0.4) is 0 Å². The first-order chi connectivity index (χ1) is 15.0. The zero-order chi connectivity index (χ0) is 22.4. The Morgan fingerprint density at radius 2 is 1.55 bits per heavy atom. The highest BCUT2D eigenvalue weighted by Gasteiger charge is 2.62. The molecule has 0 aliphatic heterocycles. The quantitative estimate of drug-likeness (QED) is 0.245. The Hall–Kier alpha value is -2.97. The monoisotopic (exact) mass is 428 g/mol. The fourth-order valence-corrected chi connectivity index (χ4v) is 4.02. The Morgan fingerprint density at radius 3 is 2.13 bits per heavy atom. The lowest BCUT2D eigenvalue weighted by molar-refractivity contribution is -0.143. The number of ether oxygens (including phenoxy) is 3. The molecule has 8 nitrogen and oxygen atoms in total. The highest BCUT2D eigenvalue weighted by Crippen LogP contribution is 2.62. The van der Waals surface area contributed by atoms with Crippen LogP contribution in [0.25, 0.3) is 0 Å². The standard InChI is InChI=1S/C23H32N4O4/c1-29-10-8-26-20-12-15(4-6-18(20)24)17-14-23(17,22(28)31-3)16-5-7-19(25)21(13-16)27-9-11-30-2/h4-7,12-13,17,26-27H,8-11,14,24-25H2,1-3H3. The third kappa shape index (κ3) is 4.70. The van der Waals surface area contributed by atoms with Crippen molar-refractivity contribution in [2.45, 2.75) is 17.8 Å². The van der Waals surface area contributed by atoms with Gasteiger partial charge in [-0.2, -0.15) is 0 Å². The molecule has 0 heterocycles. The number of carbonyl (C=O) groups is 1. The van der Waals surface area contributed by atoms with Crippen molar-refractivity contribution < 1.29 is 19.0 Å². The molecule has 0 aromatic heterocycles. The minimum absolute atomic E-state index is 0.0148. The molecule has 0 amide bonds. The van der Waals surface area contributed by atoms with Crippen LogP contribution in [0.5, 0.6) is 0 Å². The summed E-state index contributed by atoms with van der Waals surface area (Å²) in [6.45, 7) is 2.39. The summed E-state index contributed by atoms with van der Waals surface area (Å²) in [5, 5.41) is 6.56. The van der Waals surface area contributed by atoms with Gasteiger partial charge in [-0.1, -0.05) is 12.1 Å². The van der Waals surface area contributed by atoms with Crippen LogP contribution in [0.2, 0.25) is 0 Å². The van der Waals surface area contributed by atoms with Crippen LogP contribution in [0.4, 0.5) is 22.7 Å². The fourth-order valence-electron chi connectivity index (χ4n) is 4.02. The highest BCUT2D eigenvalue weighted by atomic mass is 16.5. The lowest BCUT2D eigenvalue weighted by atomic mass is 9.89. The van der Waals surface area contributed by atoms with E-state index in [0.29, 0.717) is 44.1 Å². The lowest BCUT2D eigenvalue weighted by Gasteiger charge is -2.19. The van der Waals surface area contributed by atoms with Gasteiger partial charge in [-0.3, -0.25) is 4.79 Å². The number of nitrogens with two attached hydrogens (primary N) is 2. The third-order valence-corrected chi connectivity index (χ3v) is 5.80. The van der Waals surface area contributed by atoms with E-state index >= 15 is 0 Å². The Labute approximate surface area is 183 Å². The first kappa shape index (κ1) is 22.7. The number of rotatable bonds is 11. The number of esters is 1. The number of hydrogen-bond acceptors (Lipinski definition) is 8. The maximum Gasteiger partial charge on any atom is 0.316 e. The Kier molecular flexibility index (Phi) is 7.25. The molecular weight excluding hydrogens is 396 g/mol. The van der Waals surface area contributed by atoms with Crippen LogP contribution < -0.4 is 22.1 Å². The van der Waals surface area contributed by atoms with Gasteiger partial charge in [-0.15, -0.1) is 0 Å². The van der Waals surface area contributed by atoms with Crippen LogP contribution >= 0.6 is 0 Å². The molecule has 0 bridgehead atoms. The zero-order valence-electron chi connectivity index (χ0n) is 18.4. The number of methoxy groups -OCH3 is 3. The summed E-state index contributed by atoms with van der Waals surface area (Å²) in [6, 6.07) is 11.5. The van der Waals surface area contributed by atoms with Gasteiger partial charge in [-0.05, 0) is 41.8 Å². The van der Waals surface area contributed by atoms with Crippen LogP contribution in [0.15, 0.2) is 36.4 Å². The molecule has 0 saturated heterocycles. The van der Waals surface area contributed by atoms with Gasteiger partial charge < -0.3 is 36.3 Å². The molecule has 3 rings (SSSR count). The first-order valence-electron chi connectivity index (χ1n) is 10.3. The summed E-state index contributed by atoms with van der Waals surface area (Å²) in [7, 11) is 4.73. The van der Waals surface area contributed by atoms with Gasteiger partial charge in [0.1, 0.15) is 5.41 Å². The summed E-state index contributed by atoms with van der Waals surface area (Å²) in [4.78, 5) is 12.9. The van der Waals surface area contributed by atoms with Gasteiger partial charge in [0.2, 0.25) is 0 Å². The van der Waals surface area contributed by atoms with E-state index in [1.807, 2.05) is 36.4 Å². The minimum Gasteiger partial charge on any atom is -0.468 e. The molecule has 2 aromatic rings. The van der Waals surface area contributed by atoms with E-state index < -0.39 is 5.41 Å². The number of hydrogen-bond donors (Lipinski definition) is 4. The Bertz CT molecular complexity index is 920. The maximum absolute atomic E-state index is 12.9. The largest absolute Gasteiger partial charge is 0.468 e. The topological polar surface area (TPSA) is 121 Å². The van der Waals surface area contributed by atoms with E-state index in [-0.39, 0.29) is 11.9 Å². The second-order valence-electron chi connectivity index (χ2n) is 7.71. The van der Waals surface area contributed by atoms with Crippen molar-refractivity contribution in [2.75, 3.05) is 69.7 Å². The molecule has 2 atom stereocenters. The smallest absolute Gasteiger partial charge is 0.316 e. The molecule has 8 heteroatoms. The number of nitrogen functional groups attached to an aromatic ring is 2. The van der Waals surface area contributed by atoms with Crippen LogP contribution in [0.1, 0.15) is 23.5 Å². The summed E-state index contributed by atoms with van der Waals surface area (Å²) < 4.78 is 15.4. The van der Waals surface area contributed by atoms with Crippen molar-refractivity contribution in [3.8, 4) is 0 Å². The normalized spacial score (nSPS) is 19.6. The summed E-state index contributed by atoms with van der Waals surface area (Å²) >= 11 is 0. The predicted molar refractivity (Wildman–Crippen MR) is 123 cm³/mol. The summed E-state index contributed by atoms with van der Waals surface area (Å²) in [5.74, 6) is -0.269. The fraction of sp³-hybridized carbons (Fsp3) is 0.435. The van der Waals surface area contributed by atoms with Crippen LogP contribution in [-0.4, -0.2) is 53.6 Å². The average Bonchev–Trinajstić information content (AvgIpc) is 3.53. The number of nitrogens with one attached hydrogen (secondary N) is 2. The second-order valence-corrected chi connectivity index (χ2v) is 7.71. The van der Waals surface area contributed by atoms with E-state index in [2.05, 4.69) is 10.6 Å². The van der Waals surface area contributed by atoms with Crippen molar-refractivity contribution in [1.29, 1.82) is 0 Å². The van der Waals surface area contributed by atoms with E-state index in [0.717, 1.165) is 22.5 Å². The van der Waals surface area contributed by atoms with Crippen molar-refractivity contribution >= 4 is 28.7 Å². The summed E-state index contributed by atoms with van der Waals surface area (Å²) in [6.07, 6.45) is 0.655. The molecule has 168 valence electrons. The molecule has 31 heavy (non-hydrogen) atoms. The van der Waals surface area contributed by atoms with Gasteiger partial charge in [-0.25, -0.2) is 0 Å². The summed E-state index contributed by atoms with van der Waals surface area (Å²) in [5.41, 5.74) is 16.3. The van der Waals surface area contributed by atoms with Crippen molar-refractivity contribution in [3.05, 3.63) is 47.5 Å². The molecule has 6 N–H and O–H groups in total. The van der Waals surface area contributed by atoms with Crippen molar-refractivity contribution in [3.63, 3.8) is 0 Å². The molecule has 0 spiro atoms. The van der Waals surface area contributed by atoms with Gasteiger partial charge >= 0.3 is 5.97 Å². The van der Waals surface area contributed by atoms with Crippen LogP contribution in [-0.2, 0) is 24.4 Å². The SMILES string of the molecule is COCCNc1cc(C2CC2(C(=O)OC)c2ccc(N)c(NCCOC)c2)ccc1N. The second kappa shape index (κ2) is 9.89. The number of carbonyl (C=O) groups excluding carboxylic acids is 1. The molecule has 0 radical (unpaired) electrons. The molecule has 2 aromatic carbocycles. The van der Waals surface area contributed by atoms with E-state index in [9.17, 15) is 4.79 Å². The number of benzene rings is 2. The van der Waals surface area contributed by atoms with E-state index in [4.69, 9.17) is 25.7 Å². The highest BCUT2D eigenvalue weighted by molar-refractivity contribution is 5.90. The predicted octanol–water partition coefficient (Wildman–Crippen LogP) is 2.57. The molecule has 1 fully saturated rings. The van der Waals surface area contributed by atoms with Crippen molar-refractivity contribution in [2.24, 2.45) is 0 Å². The van der Waals surface area contributed by atoms with Gasteiger partial charge in [0.05, 0.1) is 43.1 Å². The van der Waals surface area contributed by atoms with Crippen molar-refractivity contribution in [1.82, 2.24) is 0 Å². The average molecular weight is 429 g/mol. The Balaban J connectivity index is 1.90. The maximum atomic E-state index is 12.9. The van der Waals surface area contributed by atoms with Gasteiger partial charge in [0.25, 0.3) is 0 Å². The van der Waals surface area contributed by atoms with Gasteiger partial charge in [0, 0.05) is 33.2 Å². The molecule has 2 unspecified atom stereocenters. The zero-order valence-corrected chi connectivity index (χ0v) is 18.4. The Morgan fingerprint density at radius 1 is 0.968 bits per heavy atom. The number of anilines is 4. The lowest BCUT2D eigenvalue weighted by Crippen LogP contribution is -2.24. The first-order valence-corrected chi connectivity index (χ1v) is 10.3. The molecule has 1 aliphatic carbocycles. The minimum atomic E-state index is -0.750. The molecule has 1 saturated carbocycles. The van der Waals surface area contributed by atoms with E-state index in [1.54, 1.807) is 14.2 Å². The third-order valence-electron chi connectivity index (χ3n) is 5.80. The molecule has 1 aliphatic rings. The van der Waals surface area contributed by atoms with Crippen LogP contribution in [0, 0.1) is 0 Å². The molecular formula is C23H32N4O4. The van der Waals surface area contributed by atoms with E-state index in [1.165, 1.54) is 7.11 Å².